The monoisotopic (exact) mass is 245 g/mol. The van der Waals surface area contributed by atoms with Gasteiger partial charge in [0.2, 0.25) is 0 Å². The molecule has 0 aliphatic heterocycles. The van der Waals surface area contributed by atoms with E-state index in [4.69, 9.17) is 20.6 Å². The van der Waals surface area contributed by atoms with Gasteiger partial charge in [-0.15, -0.1) is 0 Å². The Morgan fingerprint density at radius 2 is 2.00 bits per heavy atom. The van der Waals surface area contributed by atoms with Gasteiger partial charge < -0.3 is 20.6 Å². The van der Waals surface area contributed by atoms with Gasteiger partial charge in [0.05, 0.1) is 0 Å². The van der Waals surface area contributed by atoms with Gasteiger partial charge in [-0.1, -0.05) is 0 Å². The lowest BCUT2D eigenvalue weighted by molar-refractivity contribution is -0.138. The maximum Gasteiger partial charge on any atom is 0.337 e. The normalized spacial score (nSPS) is 16.2. The highest BCUT2D eigenvalue weighted by molar-refractivity contribution is 7.92. The van der Waals surface area contributed by atoms with Crippen molar-refractivity contribution in [2.75, 3.05) is 11.2 Å². The molecule has 84 valence electrons. The topological polar surface area (TPSA) is 138 Å². The van der Waals surface area contributed by atoms with E-state index >= 15 is 0 Å². The molecular formula is C5H12NO6PS. The Balaban J connectivity index is 3.87. The van der Waals surface area contributed by atoms with Crippen molar-refractivity contribution in [1.29, 1.82) is 0 Å². The van der Waals surface area contributed by atoms with Gasteiger partial charge in [-0.05, 0) is 6.42 Å². The molecule has 0 bridgehead atoms. The number of hydrogen-bond donors (Lipinski definition) is 4. The van der Waals surface area contributed by atoms with Gasteiger partial charge in [-0.3, -0.25) is 13.6 Å². The zero-order valence-corrected chi connectivity index (χ0v) is 8.91. The second-order valence-corrected chi connectivity index (χ2v) is 6.32. The quantitative estimate of drug-likeness (QED) is 0.425. The van der Waals surface area contributed by atoms with Crippen molar-refractivity contribution in [2.24, 2.45) is 5.73 Å². The van der Waals surface area contributed by atoms with E-state index in [1.165, 1.54) is 0 Å². The largest absolute Gasteiger partial charge is 0.480 e. The highest BCUT2D eigenvalue weighted by atomic mass is 32.2. The van der Waals surface area contributed by atoms with E-state index in [-0.39, 0.29) is 12.2 Å². The highest BCUT2D eigenvalue weighted by Crippen LogP contribution is 2.34. The SMILES string of the molecule is N[C@@H](CCS(=O)CP(=O)(O)O)C(=O)O. The third-order valence-corrected chi connectivity index (χ3v) is 4.47. The molecule has 0 amide bonds. The van der Waals surface area contributed by atoms with Crippen LogP contribution >= 0.6 is 7.60 Å². The minimum atomic E-state index is -4.29. The lowest BCUT2D eigenvalue weighted by Gasteiger charge is -2.06. The summed E-state index contributed by atoms with van der Waals surface area (Å²) >= 11 is 0. The molecule has 0 saturated carbocycles. The molecule has 0 spiro atoms. The van der Waals surface area contributed by atoms with Gasteiger partial charge in [0, 0.05) is 16.6 Å². The van der Waals surface area contributed by atoms with Crippen LogP contribution < -0.4 is 5.73 Å². The number of aliphatic carboxylic acids is 1. The molecule has 0 aromatic heterocycles. The molecule has 0 aliphatic rings. The Bertz CT molecular complexity index is 275. The molecule has 1 unspecified atom stereocenters. The predicted octanol–water partition coefficient (Wildman–Crippen LogP) is -1.33. The van der Waals surface area contributed by atoms with Crippen LogP contribution in [0.2, 0.25) is 0 Å². The fourth-order valence-corrected chi connectivity index (χ4v) is 3.17. The van der Waals surface area contributed by atoms with Crippen LogP contribution in [0.25, 0.3) is 0 Å². The van der Waals surface area contributed by atoms with E-state index in [1.807, 2.05) is 0 Å². The van der Waals surface area contributed by atoms with E-state index in [1.54, 1.807) is 0 Å². The number of hydrogen-bond acceptors (Lipinski definition) is 4. The Morgan fingerprint density at radius 1 is 1.50 bits per heavy atom. The molecule has 0 aromatic carbocycles. The van der Waals surface area contributed by atoms with Crippen molar-refractivity contribution < 1.29 is 28.5 Å². The van der Waals surface area contributed by atoms with Gasteiger partial charge in [0.25, 0.3) is 0 Å². The molecule has 0 rings (SSSR count). The smallest absolute Gasteiger partial charge is 0.337 e. The van der Waals surface area contributed by atoms with Crippen molar-refractivity contribution >= 4 is 24.4 Å². The van der Waals surface area contributed by atoms with Gasteiger partial charge in [0.1, 0.15) is 11.5 Å². The summed E-state index contributed by atoms with van der Waals surface area (Å²) in [6, 6.07) is -1.14. The minimum Gasteiger partial charge on any atom is -0.480 e. The van der Waals surface area contributed by atoms with Gasteiger partial charge in [-0.2, -0.15) is 0 Å². The number of nitrogens with two attached hydrogens (primary N) is 1. The summed E-state index contributed by atoms with van der Waals surface area (Å²) in [6.45, 7) is 0. The zero-order chi connectivity index (χ0) is 11.4. The standard InChI is InChI=1S/C5H12NO6PS/c6-4(5(7)8)1-2-14(12)3-13(9,10)11/h4H,1-3,6H2,(H,7,8)(H2,9,10,11)/t4-,14?/m0/s1. The Morgan fingerprint density at radius 3 is 2.36 bits per heavy atom. The van der Waals surface area contributed by atoms with E-state index in [0.717, 1.165) is 0 Å². The zero-order valence-electron chi connectivity index (χ0n) is 7.20. The van der Waals surface area contributed by atoms with Crippen LogP contribution in [0.4, 0.5) is 0 Å². The molecule has 0 radical (unpaired) electrons. The average molecular weight is 245 g/mol. The highest BCUT2D eigenvalue weighted by Gasteiger charge is 2.19. The Labute approximate surface area is 82.9 Å². The van der Waals surface area contributed by atoms with Crippen molar-refractivity contribution in [3.8, 4) is 0 Å². The summed E-state index contributed by atoms with van der Waals surface area (Å²) in [5.41, 5.74) is 4.35. The fourth-order valence-electron chi connectivity index (χ4n) is 0.634. The second kappa shape index (κ2) is 5.57. The molecule has 2 atom stereocenters. The number of rotatable bonds is 6. The maximum absolute atomic E-state index is 11.0. The molecule has 0 aliphatic carbocycles. The summed E-state index contributed by atoms with van der Waals surface area (Å²) < 4.78 is 21.3. The van der Waals surface area contributed by atoms with Gasteiger partial charge >= 0.3 is 13.6 Å². The van der Waals surface area contributed by atoms with Gasteiger partial charge in [-0.25, -0.2) is 0 Å². The Hall–Kier alpha value is -0.270. The predicted molar refractivity (Wildman–Crippen MR) is 50.1 cm³/mol. The number of carboxylic acid groups (broad SMARTS) is 1. The molecular weight excluding hydrogens is 233 g/mol. The van der Waals surface area contributed by atoms with Crippen molar-refractivity contribution in [3.05, 3.63) is 0 Å². The summed E-state index contributed by atoms with van der Waals surface area (Å²) in [6.07, 6.45) is -0.0675. The Kier molecular flexibility index (Phi) is 5.46. The van der Waals surface area contributed by atoms with Crippen molar-refractivity contribution in [2.45, 2.75) is 12.5 Å². The van der Waals surface area contributed by atoms with Crippen molar-refractivity contribution in [3.63, 3.8) is 0 Å². The molecule has 14 heavy (non-hydrogen) atoms. The first-order chi connectivity index (χ1) is 6.22. The lowest BCUT2D eigenvalue weighted by Crippen LogP contribution is -2.31. The minimum absolute atomic E-state index is 0.0675. The van der Waals surface area contributed by atoms with E-state index < -0.39 is 35.9 Å². The molecule has 0 heterocycles. The van der Waals surface area contributed by atoms with E-state index in [2.05, 4.69) is 0 Å². The van der Waals surface area contributed by atoms with Crippen LogP contribution in [-0.2, 0) is 20.2 Å². The third-order valence-electron chi connectivity index (χ3n) is 1.29. The third kappa shape index (κ3) is 7.16. The summed E-state index contributed by atoms with van der Waals surface area (Å²) in [5, 5.41) is 8.35. The summed E-state index contributed by atoms with van der Waals surface area (Å²) in [4.78, 5) is 27.1. The van der Waals surface area contributed by atoms with E-state index in [0.29, 0.717) is 0 Å². The summed E-state index contributed by atoms with van der Waals surface area (Å²) in [5.74, 6) is -1.35. The van der Waals surface area contributed by atoms with Gasteiger partial charge in [0.15, 0.2) is 0 Å². The molecule has 0 aromatic rings. The molecule has 9 heteroatoms. The van der Waals surface area contributed by atoms with E-state index in [9.17, 15) is 13.6 Å². The van der Waals surface area contributed by atoms with Crippen LogP contribution in [0.3, 0.4) is 0 Å². The maximum atomic E-state index is 11.0. The number of carboxylic acids is 1. The van der Waals surface area contributed by atoms with Crippen molar-refractivity contribution in [1.82, 2.24) is 0 Å². The first-order valence-corrected chi connectivity index (χ1v) is 6.89. The second-order valence-electron chi connectivity index (χ2n) is 2.67. The molecule has 0 fully saturated rings. The van der Waals surface area contributed by atoms with Crippen LogP contribution in [0.15, 0.2) is 0 Å². The first kappa shape index (κ1) is 13.7. The van der Waals surface area contributed by atoms with Crippen LogP contribution in [0, 0.1) is 0 Å². The van der Waals surface area contributed by atoms with Crippen LogP contribution in [-0.4, -0.2) is 42.4 Å². The first-order valence-electron chi connectivity index (χ1n) is 3.60. The molecule has 5 N–H and O–H groups in total. The lowest BCUT2D eigenvalue weighted by atomic mass is 10.2. The van der Waals surface area contributed by atoms with Crippen LogP contribution in [0.5, 0.6) is 0 Å². The average Bonchev–Trinajstić information content (AvgIpc) is 1.96. The summed E-state index contributed by atoms with van der Waals surface area (Å²) in [7, 11) is -6.03. The molecule has 7 nitrogen and oxygen atoms in total. The fraction of sp³-hybridized carbons (Fsp3) is 0.800. The van der Waals surface area contributed by atoms with Crippen LogP contribution in [0.1, 0.15) is 6.42 Å². The number of carbonyl (C=O) groups is 1. The molecule has 0 saturated heterocycles.